The van der Waals surface area contributed by atoms with Crippen LogP contribution in [0.5, 0.6) is 0 Å². The van der Waals surface area contributed by atoms with Crippen LogP contribution in [-0.2, 0) is 7.05 Å². The second-order valence-corrected chi connectivity index (χ2v) is 15.9. The van der Waals surface area contributed by atoms with Crippen molar-refractivity contribution in [1.82, 2.24) is 4.98 Å². The van der Waals surface area contributed by atoms with Crippen LogP contribution in [0.15, 0.2) is 57.5 Å². The van der Waals surface area contributed by atoms with Crippen LogP contribution < -0.4 is 9.75 Å². The molecule has 0 aliphatic heterocycles. The van der Waals surface area contributed by atoms with Crippen LogP contribution in [0.1, 0.15) is 34.6 Å². The van der Waals surface area contributed by atoms with Gasteiger partial charge in [0.05, 0.1) is 13.6 Å². The Morgan fingerprint density at radius 2 is 1.50 bits per heavy atom. The van der Waals surface area contributed by atoms with Gasteiger partial charge in [0.2, 0.25) is 11.3 Å². The quantitative estimate of drug-likeness (QED) is 0.172. The molecule has 0 bridgehead atoms. The molecule has 4 nitrogen and oxygen atoms in total. The molecule has 38 heavy (non-hydrogen) atoms. The first-order valence-electron chi connectivity index (χ1n) is 16.7. The van der Waals surface area contributed by atoms with E-state index in [2.05, 4.69) is 4.98 Å². The molecule has 0 saturated heterocycles. The van der Waals surface area contributed by atoms with E-state index in [-0.39, 0.29) is 44.5 Å². The summed E-state index contributed by atoms with van der Waals surface area (Å²) >= 11 is 0. The van der Waals surface area contributed by atoms with E-state index in [4.69, 9.17) is 21.2 Å². The summed E-state index contributed by atoms with van der Waals surface area (Å²) in [5.41, 5.74) is 2.01. The third-order valence-electron chi connectivity index (χ3n) is 7.15. The minimum atomic E-state index is -2.76. The average molecular weight is 533 g/mol. The number of aromatic nitrogens is 2. The maximum absolute atomic E-state index is 14.0. The highest BCUT2D eigenvalue weighted by molar-refractivity contribution is 6.88. The molecule has 0 amide bonds. The first kappa shape index (κ1) is 16.2. The van der Waals surface area contributed by atoms with Gasteiger partial charge in [-0.05, 0) is 67.4 Å². The van der Waals surface area contributed by atoms with Crippen molar-refractivity contribution in [1.29, 1.82) is 0 Å². The van der Waals surface area contributed by atoms with Crippen molar-refractivity contribution >= 4 is 46.3 Å². The highest BCUT2D eigenvalue weighted by Crippen LogP contribution is 2.41. The summed E-state index contributed by atoms with van der Waals surface area (Å²) in [4.78, 5) is 3.76. The molecule has 0 atom stereocenters. The zero-order chi connectivity index (χ0) is 34.6. The predicted molar refractivity (Wildman–Crippen MR) is 155 cm³/mol. The lowest BCUT2D eigenvalue weighted by atomic mass is 9.91. The van der Waals surface area contributed by atoms with Gasteiger partial charge < -0.3 is 8.83 Å². The maximum Gasteiger partial charge on any atom is 0.382 e. The predicted octanol–water partition coefficient (Wildman–Crippen LogP) is 7.80. The molecule has 6 aromatic rings. The summed E-state index contributed by atoms with van der Waals surface area (Å²) in [6.07, 6.45) is 0.387. The molecule has 0 N–H and O–H groups in total. The molecule has 0 saturated carbocycles. The summed E-state index contributed by atoms with van der Waals surface area (Å²) < 4.78 is 103. The second kappa shape index (κ2) is 8.37. The fraction of sp³-hybridized carbons (Fsp3) is 0.250. The van der Waals surface area contributed by atoms with Crippen molar-refractivity contribution in [3.8, 4) is 22.4 Å². The molecule has 0 fully saturated rings. The van der Waals surface area contributed by atoms with E-state index in [0.29, 0.717) is 32.8 Å². The summed E-state index contributed by atoms with van der Waals surface area (Å²) in [6.45, 7) is -0.456. The van der Waals surface area contributed by atoms with Crippen molar-refractivity contribution in [3.05, 3.63) is 77.1 Å². The molecular formula is C32H32FN2O2Si+. The standard InChI is InChI=1S/C32H32FN2O2Si/c1-17-9-10-22-23-11-12-25-31(37-32(33)34-25)30(23)36-29(22)28(17)26-15-24(20(4)16-35(26)5)27-18(2)13-21(14-19(27)3)38(6,7)8/h9-16H,1-8H3/q+1/i2D3,3D3,4D3. The van der Waals surface area contributed by atoms with E-state index in [1.54, 1.807) is 23.7 Å². The molecule has 192 valence electrons. The minimum Gasteiger partial charge on any atom is -0.451 e. The Bertz CT molecular complexity index is 2210. The summed E-state index contributed by atoms with van der Waals surface area (Å²) in [7, 11) is -0.580. The van der Waals surface area contributed by atoms with Gasteiger partial charge in [0.15, 0.2) is 11.8 Å². The topological polar surface area (TPSA) is 43.0 Å². The van der Waals surface area contributed by atoms with Crippen molar-refractivity contribution in [2.24, 2.45) is 7.05 Å². The van der Waals surface area contributed by atoms with Gasteiger partial charge in [0, 0.05) is 34.7 Å². The Kier molecular flexibility index (Phi) is 3.58. The molecule has 0 unspecified atom stereocenters. The summed E-state index contributed by atoms with van der Waals surface area (Å²) in [5.74, 6) is 0. The lowest BCUT2D eigenvalue weighted by molar-refractivity contribution is -0.660. The molecule has 3 heterocycles. The van der Waals surface area contributed by atoms with Crippen LogP contribution in [0.25, 0.3) is 55.4 Å². The highest BCUT2D eigenvalue weighted by Gasteiger charge is 2.26. The first-order chi connectivity index (χ1) is 21.6. The Morgan fingerprint density at radius 1 is 0.816 bits per heavy atom. The molecule has 3 aromatic heterocycles. The number of oxazole rings is 1. The van der Waals surface area contributed by atoms with Crippen LogP contribution >= 0.6 is 0 Å². The van der Waals surface area contributed by atoms with Gasteiger partial charge in [0.25, 0.3) is 0 Å². The van der Waals surface area contributed by atoms with Crippen LogP contribution in [0.2, 0.25) is 19.6 Å². The zero-order valence-electron chi connectivity index (χ0n) is 30.7. The van der Waals surface area contributed by atoms with Gasteiger partial charge in [-0.2, -0.15) is 4.98 Å². The highest BCUT2D eigenvalue weighted by atomic mass is 28.3. The summed E-state index contributed by atoms with van der Waals surface area (Å²) in [5, 5.41) is 1.95. The van der Waals surface area contributed by atoms with Gasteiger partial charge in [0.1, 0.15) is 18.1 Å². The third-order valence-corrected chi connectivity index (χ3v) is 9.17. The molecule has 6 rings (SSSR count). The number of fused-ring (bicyclic) bond motifs is 5. The number of furan rings is 1. The van der Waals surface area contributed by atoms with Crippen LogP contribution in [0.4, 0.5) is 4.39 Å². The van der Waals surface area contributed by atoms with Crippen molar-refractivity contribution < 1.29 is 30.1 Å². The molecule has 0 aliphatic rings. The second-order valence-electron chi connectivity index (χ2n) is 10.8. The Morgan fingerprint density at radius 3 is 2.18 bits per heavy atom. The van der Waals surface area contributed by atoms with Gasteiger partial charge >= 0.3 is 6.14 Å². The van der Waals surface area contributed by atoms with Crippen molar-refractivity contribution in [2.75, 3.05) is 0 Å². The lowest BCUT2D eigenvalue weighted by Crippen LogP contribution is -2.38. The van der Waals surface area contributed by atoms with Gasteiger partial charge in [-0.1, -0.05) is 49.1 Å². The molecule has 0 radical (unpaired) electrons. The van der Waals surface area contributed by atoms with E-state index < -0.39 is 34.8 Å². The van der Waals surface area contributed by atoms with Crippen LogP contribution in [-0.4, -0.2) is 13.1 Å². The number of nitrogens with zero attached hydrogens (tertiary/aromatic N) is 2. The largest absolute Gasteiger partial charge is 0.451 e. The van der Waals surface area contributed by atoms with E-state index in [1.807, 2.05) is 38.7 Å². The lowest BCUT2D eigenvalue weighted by Gasteiger charge is -2.21. The number of hydrogen-bond donors (Lipinski definition) is 0. The molecule has 0 aliphatic carbocycles. The fourth-order valence-corrected chi connectivity index (χ4v) is 6.30. The van der Waals surface area contributed by atoms with Gasteiger partial charge in [-0.25, -0.2) is 4.57 Å². The fourth-order valence-electron chi connectivity index (χ4n) is 5.14. The SMILES string of the molecule is [2H]C([2H])([2H])c1c[n+](C)c(-c2c(C)ccc3c2oc2c3ccc3nc(F)oc32)cc1-c1c(C([2H])([2H])[2H])cc([Si](C)(C)C)cc1C([2H])([2H])[2H]. The van der Waals surface area contributed by atoms with E-state index in [0.717, 1.165) is 5.56 Å². The Labute approximate surface area is 235 Å². The Balaban J connectivity index is 1.77. The number of benzene rings is 3. The van der Waals surface area contributed by atoms with E-state index in [9.17, 15) is 4.39 Å². The first-order valence-corrected chi connectivity index (χ1v) is 15.7. The number of aryl methyl sites for hydroxylation is 5. The van der Waals surface area contributed by atoms with Crippen LogP contribution in [0.3, 0.4) is 0 Å². The minimum absolute atomic E-state index is 0.0234. The normalized spacial score (nSPS) is 16.8. The van der Waals surface area contributed by atoms with E-state index in [1.165, 1.54) is 24.4 Å². The smallest absolute Gasteiger partial charge is 0.382 e. The van der Waals surface area contributed by atoms with Crippen LogP contribution in [0, 0.1) is 33.6 Å². The number of halogens is 1. The van der Waals surface area contributed by atoms with Gasteiger partial charge in [-0.15, -0.1) is 4.39 Å². The molecular weight excluding hydrogens is 491 g/mol. The number of pyridine rings is 1. The Hall–Kier alpha value is -3.77. The van der Waals surface area contributed by atoms with E-state index >= 15 is 0 Å². The van der Waals surface area contributed by atoms with Crippen molar-refractivity contribution in [3.63, 3.8) is 0 Å². The zero-order valence-corrected chi connectivity index (χ0v) is 22.7. The van der Waals surface area contributed by atoms with Crippen molar-refractivity contribution in [2.45, 2.75) is 47.1 Å². The monoisotopic (exact) mass is 532 g/mol. The molecule has 3 aromatic carbocycles. The maximum atomic E-state index is 14.0. The summed E-state index contributed by atoms with van der Waals surface area (Å²) in [6, 6.07) is 11.7. The number of hydrogen-bond acceptors (Lipinski definition) is 3. The molecule has 0 spiro atoms. The average Bonchev–Trinajstić information content (AvgIpc) is 3.50. The number of rotatable bonds is 3. The van der Waals surface area contributed by atoms with Gasteiger partial charge in [-0.3, -0.25) is 0 Å². The third kappa shape index (κ3) is 3.69. The molecule has 6 heteroatoms.